The van der Waals surface area contributed by atoms with E-state index in [2.05, 4.69) is 23.8 Å². The standard InChI is InChI=1S/C11H16BN5O9P2S/c1-29-11-15-8(13)5-9(16-11)17(3-14-5)10-7(19)6(18)4(25-10)2-24-27(12,20)26-28(21,22)23/h3-4,6-7,10,18-19H,2H2,1H3,(H2,13,15,16)(H2,21,22,23)/t4-,6-,7-,10-,27-/m1/s1. The number of nitrogen functional groups attached to an aromatic ring is 1. The van der Waals surface area contributed by atoms with Gasteiger partial charge in [-0.25, -0.2) is 23.8 Å². The molecule has 0 aromatic carbocycles. The van der Waals surface area contributed by atoms with Gasteiger partial charge in [-0.3, -0.25) is 9.13 Å². The van der Waals surface area contributed by atoms with Crippen molar-refractivity contribution < 1.29 is 42.7 Å². The van der Waals surface area contributed by atoms with E-state index in [9.17, 15) is 19.3 Å². The average Bonchev–Trinajstić information content (AvgIpc) is 3.13. The Morgan fingerprint density at radius 1 is 1.34 bits per heavy atom. The van der Waals surface area contributed by atoms with Crippen molar-refractivity contribution in [2.24, 2.45) is 0 Å². The number of anilines is 1. The third kappa shape index (κ3) is 4.99. The van der Waals surface area contributed by atoms with Crippen LogP contribution in [0.5, 0.6) is 0 Å². The fraction of sp³-hybridized carbons (Fsp3) is 0.545. The SMILES string of the molecule is [B][P@@](=O)(OC[C@H]1O[C@@H](n2cnc3c(N)nc(SC)nc32)[C@H](O)[C@@H]1O)OP(=O)(O)O. The summed E-state index contributed by atoms with van der Waals surface area (Å²) in [7, 11) is -4.73. The number of aliphatic hydroxyl groups is 2. The van der Waals surface area contributed by atoms with Crippen molar-refractivity contribution in [1.82, 2.24) is 19.5 Å². The van der Waals surface area contributed by atoms with Gasteiger partial charge in [0.15, 0.2) is 22.8 Å². The number of nitrogens with zero attached hydrogens (tertiary/aromatic N) is 4. The van der Waals surface area contributed by atoms with Crippen LogP contribution in [0.2, 0.25) is 0 Å². The normalized spacial score (nSPS) is 27.3. The summed E-state index contributed by atoms with van der Waals surface area (Å²) in [5, 5.41) is 20.9. The molecule has 18 heteroatoms. The van der Waals surface area contributed by atoms with Crippen molar-refractivity contribution in [2.45, 2.75) is 29.7 Å². The Kier molecular flexibility index (Phi) is 6.42. The van der Waals surface area contributed by atoms with Gasteiger partial charge in [0, 0.05) is 0 Å². The van der Waals surface area contributed by atoms with Gasteiger partial charge in [-0.15, -0.1) is 0 Å². The number of nitrogens with two attached hydrogens (primary N) is 1. The molecule has 0 saturated carbocycles. The minimum absolute atomic E-state index is 0.115. The molecule has 0 aliphatic carbocycles. The molecule has 0 bridgehead atoms. The number of phosphoric acid groups is 1. The Morgan fingerprint density at radius 3 is 2.66 bits per heavy atom. The van der Waals surface area contributed by atoms with Crippen molar-refractivity contribution in [3.63, 3.8) is 0 Å². The van der Waals surface area contributed by atoms with E-state index < -0.39 is 46.4 Å². The first-order valence-corrected chi connectivity index (χ1v) is 12.1. The van der Waals surface area contributed by atoms with Crippen LogP contribution in [0.1, 0.15) is 6.23 Å². The highest BCUT2D eigenvalue weighted by Gasteiger charge is 2.45. The van der Waals surface area contributed by atoms with E-state index in [1.807, 2.05) is 0 Å². The maximum Gasteiger partial charge on any atom is 0.476 e. The second-order valence-corrected chi connectivity index (χ2v) is 9.62. The molecule has 2 radical (unpaired) electrons. The summed E-state index contributed by atoms with van der Waals surface area (Å²) in [5.41, 5.74) is 6.35. The Hall–Kier alpha value is -1.06. The first-order valence-electron chi connectivity index (χ1n) is 7.77. The van der Waals surface area contributed by atoms with Crippen LogP contribution in [0.15, 0.2) is 11.5 Å². The van der Waals surface area contributed by atoms with Crippen molar-refractivity contribution in [1.29, 1.82) is 0 Å². The molecule has 1 aliphatic rings. The van der Waals surface area contributed by atoms with Crippen LogP contribution >= 0.6 is 27.1 Å². The topological polar surface area (TPSA) is 212 Å². The number of ether oxygens (including phenoxy) is 1. The molecule has 0 unspecified atom stereocenters. The van der Waals surface area contributed by atoms with Crippen LogP contribution in [0, 0.1) is 0 Å². The Morgan fingerprint density at radius 2 is 2.03 bits per heavy atom. The molecule has 3 rings (SSSR count). The molecule has 3 heterocycles. The minimum atomic E-state index is -5.17. The van der Waals surface area contributed by atoms with Gasteiger partial charge in [-0.05, 0) is 6.26 Å². The summed E-state index contributed by atoms with van der Waals surface area (Å²) in [6.07, 6.45) is -2.41. The summed E-state index contributed by atoms with van der Waals surface area (Å²) in [6.45, 7) is -0.692. The van der Waals surface area contributed by atoms with E-state index in [-0.39, 0.29) is 17.0 Å². The van der Waals surface area contributed by atoms with Gasteiger partial charge in [0.2, 0.25) is 7.57 Å². The first-order chi connectivity index (χ1) is 13.4. The molecule has 1 saturated heterocycles. The van der Waals surface area contributed by atoms with Crippen LogP contribution in [0.25, 0.3) is 11.2 Å². The lowest BCUT2D eigenvalue weighted by atomic mass is 10.1. The number of rotatable bonds is 7. The Bertz CT molecular complexity index is 1000. The summed E-state index contributed by atoms with van der Waals surface area (Å²) >= 11 is 1.23. The molecule has 29 heavy (non-hydrogen) atoms. The third-order valence-electron chi connectivity index (χ3n) is 3.86. The fourth-order valence-electron chi connectivity index (χ4n) is 2.64. The van der Waals surface area contributed by atoms with Crippen LogP contribution in [-0.2, 0) is 22.7 Å². The monoisotopic (exact) mass is 467 g/mol. The number of hydrogen-bond acceptors (Lipinski definition) is 12. The number of aromatic nitrogens is 4. The number of thioether (sulfide) groups is 1. The zero-order valence-corrected chi connectivity index (χ0v) is 17.3. The van der Waals surface area contributed by atoms with E-state index >= 15 is 0 Å². The summed E-state index contributed by atoms with van der Waals surface area (Å²) in [5.74, 6) is 0.115. The first kappa shape index (κ1) is 22.6. The molecule has 1 aliphatic heterocycles. The van der Waals surface area contributed by atoms with E-state index in [1.54, 1.807) is 6.26 Å². The van der Waals surface area contributed by atoms with E-state index in [0.29, 0.717) is 5.16 Å². The van der Waals surface area contributed by atoms with Crippen LogP contribution in [0.4, 0.5) is 5.82 Å². The highest BCUT2D eigenvalue weighted by molar-refractivity contribution is 7.98. The van der Waals surface area contributed by atoms with E-state index in [4.69, 9.17) is 27.8 Å². The van der Waals surface area contributed by atoms with Crippen LogP contribution < -0.4 is 5.73 Å². The predicted octanol–water partition coefficient (Wildman–Crippen LogP) is -0.848. The molecular formula is C11H16BN5O9P2S. The second-order valence-electron chi connectivity index (χ2n) is 5.87. The smallest absolute Gasteiger partial charge is 0.387 e. The highest BCUT2D eigenvalue weighted by Crippen LogP contribution is 2.57. The van der Waals surface area contributed by atoms with E-state index in [0.717, 1.165) is 0 Å². The zero-order valence-electron chi connectivity index (χ0n) is 14.7. The largest absolute Gasteiger partial charge is 0.476 e. The molecule has 2 aromatic rings. The molecule has 0 amide bonds. The van der Waals surface area contributed by atoms with Gasteiger partial charge in [-0.2, -0.15) is 0 Å². The Balaban J connectivity index is 1.80. The second kappa shape index (κ2) is 8.23. The number of fused-ring (bicyclic) bond motifs is 1. The quantitative estimate of drug-likeness (QED) is 0.145. The maximum absolute atomic E-state index is 11.8. The molecule has 2 aromatic heterocycles. The van der Waals surface area contributed by atoms with Gasteiger partial charge in [-0.1, -0.05) is 11.8 Å². The fourth-order valence-corrected chi connectivity index (χ4v) is 4.74. The molecule has 0 spiro atoms. The summed E-state index contributed by atoms with van der Waals surface area (Å²) < 4.78 is 37.9. The molecule has 6 N–H and O–H groups in total. The molecule has 158 valence electrons. The van der Waals surface area contributed by atoms with Gasteiger partial charge in [0.25, 0.3) is 7.47 Å². The van der Waals surface area contributed by atoms with Crippen molar-refractivity contribution in [3.8, 4) is 0 Å². The van der Waals surface area contributed by atoms with Crippen LogP contribution in [0.3, 0.4) is 0 Å². The number of aliphatic hydroxyl groups excluding tert-OH is 2. The summed E-state index contributed by atoms with van der Waals surface area (Å²) in [6, 6.07) is 0. The number of imidazole rings is 1. The minimum Gasteiger partial charge on any atom is -0.387 e. The van der Waals surface area contributed by atoms with E-state index in [1.165, 1.54) is 22.7 Å². The van der Waals surface area contributed by atoms with Crippen molar-refractivity contribution in [3.05, 3.63) is 6.33 Å². The Labute approximate surface area is 168 Å². The average molecular weight is 467 g/mol. The number of hydrogen-bond donors (Lipinski definition) is 5. The molecule has 14 nitrogen and oxygen atoms in total. The molecular weight excluding hydrogens is 451 g/mol. The lowest BCUT2D eigenvalue weighted by molar-refractivity contribution is -0.0479. The zero-order chi connectivity index (χ0) is 21.6. The van der Waals surface area contributed by atoms with Crippen LogP contribution in [-0.4, -0.2) is 78.3 Å². The van der Waals surface area contributed by atoms with Gasteiger partial charge < -0.3 is 35.0 Å². The van der Waals surface area contributed by atoms with Gasteiger partial charge >= 0.3 is 7.82 Å². The summed E-state index contributed by atoms with van der Waals surface area (Å²) in [4.78, 5) is 29.7. The van der Waals surface area contributed by atoms with Crippen molar-refractivity contribution in [2.75, 3.05) is 18.6 Å². The lowest BCUT2D eigenvalue weighted by Crippen LogP contribution is -2.33. The predicted molar refractivity (Wildman–Crippen MR) is 99.9 cm³/mol. The lowest BCUT2D eigenvalue weighted by Gasteiger charge is -2.19. The van der Waals surface area contributed by atoms with Gasteiger partial charge in [0.05, 0.1) is 12.9 Å². The maximum atomic E-state index is 11.8. The third-order valence-corrected chi connectivity index (χ3v) is 6.68. The highest BCUT2D eigenvalue weighted by atomic mass is 32.2. The molecule has 5 atom stereocenters. The van der Waals surface area contributed by atoms with Gasteiger partial charge in [0.1, 0.15) is 23.8 Å². The molecule has 1 fully saturated rings. The van der Waals surface area contributed by atoms with Crippen molar-refractivity contribution >= 4 is 51.6 Å².